The molecule has 2 heterocycles. The molecule has 0 radical (unpaired) electrons. The van der Waals surface area contributed by atoms with Crippen LogP contribution in [0.15, 0.2) is 42.5 Å². The molecule has 0 aliphatic carbocycles. The summed E-state index contributed by atoms with van der Waals surface area (Å²) in [5.74, 6) is 1.05. The molecule has 31 heavy (non-hydrogen) atoms. The minimum Gasteiger partial charge on any atom is -0.496 e. The van der Waals surface area contributed by atoms with E-state index in [2.05, 4.69) is 18.2 Å². The summed E-state index contributed by atoms with van der Waals surface area (Å²) in [4.78, 5) is 1.14. The van der Waals surface area contributed by atoms with E-state index in [4.69, 9.17) is 14.2 Å². The molecule has 0 unspecified atom stereocenters. The standard InChI is InChI=1S/C23H26O7S/c1-28-16-10-17(29-2)15(23-22(27)21(26)20(25)18(11-24)30-23)9-13(16)8-14-7-12-5-3-4-6-19(12)31-14/h3-7,9-10,18,20-27H,8,11H2,1-2H3/t18-,20-,21+,22-,23+/m1/s1. The smallest absolute Gasteiger partial charge is 0.128 e. The molecule has 1 aromatic heterocycles. The fourth-order valence-electron chi connectivity index (χ4n) is 4.02. The molecule has 3 aromatic rings. The highest BCUT2D eigenvalue weighted by atomic mass is 32.1. The van der Waals surface area contributed by atoms with Gasteiger partial charge in [-0.15, -0.1) is 11.3 Å². The van der Waals surface area contributed by atoms with Gasteiger partial charge in [0.1, 0.15) is 42.0 Å². The Kier molecular flexibility index (Phi) is 6.47. The van der Waals surface area contributed by atoms with Crippen molar-refractivity contribution >= 4 is 21.4 Å². The normalized spacial score (nSPS) is 26.2. The number of ether oxygens (including phenoxy) is 3. The number of fused-ring (bicyclic) bond motifs is 1. The van der Waals surface area contributed by atoms with Gasteiger partial charge in [-0.1, -0.05) is 18.2 Å². The maximum atomic E-state index is 10.6. The minimum absolute atomic E-state index is 0.418. The molecule has 166 valence electrons. The molecular formula is C23H26O7S. The second-order valence-corrected chi connectivity index (χ2v) is 8.75. The molecule has 7 nitrogen and oxygen atoms in total. The van der Waals surface area contributed by atoms with Crippen molar-refractivity contribution in [3.63, 3.8) is 0 Å². The van der Waals surface area contributed by atoms with Crippen LogP contribution < -0.4 is 9.47 Å². The summed E-state index contributed by atoms with van der Waals surface area (Å²) in [5.41, 5.74) is 1.37. The number of benzene rings is 2. The third kappa shape index (κ3) is 4.15. The molecular weight excluding hydrogens is 420 g/mol. The molecule has 0 amide bonds. The van der Waals surface area contributed by atoms with Crippen molar-refractivity contribution in [2.45, 2.75) is 36.9 Å². The van der Waals surface area contributed by atoms with Crippen LogP contribution in [0, 0.1) is 0 Å². The molecule has 1 saturated heterocycles. The van der Waals surface area contributed by atoms with E-state index in [1.54, 1.807) is 24.5 Å². The van der Waals surface area contributed by atoms with E-state index < -0.39 is 37.1 Å². The second kappa shape index (κ2) is 9.12. The van der Waals surface area contributed by atoms with Crippen LogP contribution in [0.25, 0.3) is 10.1 Å². The van der Waals surface area contributed by atoms with E-state index in [0.29, 0.717) is 23.5 Å². The zero-order chi connectivity index (χ0) is 22.1. The quantitative estimate of drug-likeness (QED) is 0.459. The summed E-state index contributed by atoms with van der Waals surface area (Å²) in [6.45, 7) is -0.492. The molecule has 0 spiro atoms. The van der Waals surface area contributed by atoms with Crippen LogP contribution in [0.1, 0.15) is 22.1 Å². The molecule has 0 bridgehead atoms. The van der Waals surface area contributed by atoms with Gasteiger partial charge in [0.25, 0.3) is 0 Å². The van der Waals surface area contributed by atoms with E-state index in [0.717, 1.165) is 10.4 Å². The van der Waals surface area contributed by atoms with Crippen LogP contribution in [0.4, 0.5) is 0 Å². The Morgan fingerprint density at radius 3 is 2.35 bits per heavy atom. The van der Waals surface area contributed by atoms with Crippen LogP contribution >= 0.6 is 11.3 Å². The highest BCUT2D eigenvalue weighted by molar-refractivity contribution is 7.19. The van der Waals surface area contributed by atoms with E-state index in [1.807, 2.05) is 18.2 Å². The first-order chi connectivity index (χ1) is 15.0. The summed E-state index contributed by atoms with van der Waals surface area (Å²) in [6, 6.07) is 13.8. The number of methoxy groups -OCH3 is 2. The molecule has 1 aliphatic heterocycles. The Morgan fingerprint density at radius 1 is 0.935 bits per heavy atom. The first kappa shape index (κ1) is 22.0. The molecule has 4 N–H and O–H groups in total. The number of aliphatic hydroxyl groups excluding tert-OH is 4. The van der Waals surface area contributed by atoms with Crippen molar-refractivity contribution in [3.8, 4) is 11.5 Å². The maximum Gasteiger partial charge on any atom is 0.128 e. The third-order valence-corrected chi connectivity index (χ3v) is 6.79. The number of hydrogen-bond donors (Lipinski definition) is 4. The van der Waals surface area contributed by atoms with Gasteiger partial charge in [0.05, 0.1) is 20.8 Å². The molecule has 2 aromatic carbocycles. The minimum atomic E-state index is -1.46. The summed E-state index contributed by atoms with van der Waals surface area (Å²) in [5, 5.41) is 41.6. The first-order valence-electron chi connectivity index (χ1n) is 9.99. The molecule has 5 atom stereocenters. The Morgan fingerprint density at radius 2 is 1.68 bits per heavy atom. The van der Waals surface area contributed by atoms with Gasteiger partial charge in [-0.25, -0.2) is 0 Å². The van der Waals surface area contributed by atoms with Gasteiger partial charge in [-0.05, 0) is 29.1 Å². The SMILES string of the molecule is COc1cc(OC)c([C@@H]2O[C@H](CO)[C@@H](O)[C@H](O)[C@H]2O)cc1Cc1cc2ccccc2s1. The predicted molar refractivity (Wildman–Crippen MR) is 117 cm³/mol. The van der Waals surface area contributed by atoms with Crippen LogP contribution in [0.3, 0.4) is 0 Å². The molecule has 1 fully saturated rings. The van der Waals surface area contributed by atoms with E-state index >= 15 is 0 Å². The average molecular weight is 447 g/mol. The number of aliphatic hydroxyl groups is 4. The van der Waals surface area contributed by atoms with Gasteiger partial charge in [0, 0.05) is 27.6 Å². The van der Waals surface area contributed by atoms with Gasteiger partial charge < -0.3 is 34.6 Å². The zero-order valence-electron chi connectivity index (χ0n) is 17.3. The third-order valence-electron chi connectivity index (χ3n) is 5.67. The van der Waals surface area contributed by atoms with Crippen LogP contribution in [0.2, 0.25) is 0 Å². The summed E-state index contributed by atoms with van der Waals surface area (Å²) >= 11 is 1.69. The first-order valence-corrected chi connectivity index (χ1v) is 10.8. The van der Waals surface area contributed by atoms with E-state index in [1.165, 1.54) is 17.2 Å². The van der Waals surface area contributed by atoms with Crippen molar-refractivity contribution in [2.75, 3.05) is 20.8 Å². The molecule has 4 rings (SSSR count). The van der Waals surface area contributed by atoms with Crippen molar-refractivity contribution in [3.05, 3.63) is 58.5 Å². The highest BCUT2D eigenvalue weighted by Crippen LogP contribution is 2.41. The van der Waals surface area contributed by atoms with Gasteiger partial charge in [-0.3, -0.25) is 0 Å². The molecule has 1 aliphatic rings. The van der Waals surface area contributed by atoms with Crippen molar-refractivity contribution < 1.29 is 34.6 Å². The Balaban J connectivity index is 1.74. The zero-order valence-corrected chi connectivity index (χ0v) is 18.1. The maximum absolute atomic E-state index is 10.6. The van der Waals surface area contributed by atoms with Crippen molar-refractivity contribution in [2.24, 2.45) is 0 Å². The van der Waals surface area contributed by atoms with Gasteiger partial charge in [-0.2, -0.15) is 0 Å². The summed E-state index contributed by atoms with van der Waals surface area (Å²) in [7, 11) is 3.07. The molecule has 8 heteroatoms. The fraction of sp³-hybridized carbons (Fsp3) is 0.391. The van der Waals surface area contributed by atoms with Crippen LogP contribution in [0.5, 0.6) is 11.5 Å². The monoisotopic (exact) mass is 446 g/mol. The number of rotatable bonds is 6. The van der Waals surface area contributed by atoms with Gasteiger partial charge in [0.2, 0.25) is 0 Å². The van der Waals surface area contributed by atoms with E-state index in [9.17, 15) is 20.4 Å². The summed E-state index contributed by atoms with van der Waals surface area (Å²) < 4.78 is 18.0. The number of hydrogen-bond acceptors (Lipinski definition) is 8. The Bertz CT molecular complexity index is 1010. The Labute approximate surface area is 184 Å². The van der Waals surface area contributed by atoms with Gasteiger partial charge in [0.15, 0.2) is 0 Å². The lowest BCUT2D eigenvalue weighted by Crippen LogP contribution is -2.55. The highest BCUT2D eigenvalue weighted by Gasteiger charge is 2.45. The average Bonchev–Trinajstić information content (AvgIpc) is 3.20. The van der Waals surface area contributed by atoms with Gasteiger partial charge >= 0.3 is 0 Å². The Hall–Kier alpha value is -2.20. The number of thiophene rings is 1. The predicted octanol–water partition coefficient (Wildman–Crippen LogP) is 2.02. The topological polar surface area (TPSA) is 109 Å². The lowest BCUT2D eigenvalue weighted by atomic mass is 9.89. The lowest BCUT2D eigenvalue weighted by Gasteiger charge is -2.40. The molecule has 0 saturated carbocycles. The lowest BCUT2D eigenvalue weighted by molar-refractivity contribution is -0.232. The van der Waals surface area contributed by atoms with Crippen molar-refractivity contribution in [1.82, 2.24) is 0 Å². The second-order valence-electron chi connectivity index (χ2n) is 7.58. The van der Waals surface area contributed by atoms with Crippen molar-refractivity contribution in [1.29, 1.82) is 0 Å². The largest absolute Gasteiger partial charge is 0.496 e. The summed E-state index contributed by atoms with van der Waals surface area (Å²) in [6.07, 6.45) is -5.67. The van der Waals surface area contributed by atoms with E-state index in [-0.39, 0.29) is 0 Å². The van der Waals surface area contributed by atoms with Crippen LogP contribution in [-0.2, 0) is 11.2 Å². The fourth-order valence-corrected chi connectivity index (χ4v) is 5.11. The van der Waals surface area contributed by atoms with Crippen LogP contribution in [-0.4, -0.2) is 65.7 Å².